The molecule has 0 saturated heterocycles. The van der Waals surface area contributed by atoms with E-state index in [2.05, 4.69) is 25.6 Å². The van der Waals surface area contributed by atoms with Gasteiger partial charge in [-0.25, -0.2) is 0 Å². The van der Waals surface area contributed by atoms with Gasteiger partial charge in [-0.05, 0) is 34.7 Å². The average molecular weight is 333 g/mol. The van der Waals surface area contributed by atoms with Gasteiger partial charge in [-0.1, -0.05) is 11.8 Å². The first-order chi connectivity index (χ1) is 10.4. The predicted octanol–water partition coefficient (Wildman–Crippen LogP) is 1.40. The van der Waals surface area contributed by atoms with Crippen LogP contribution in [0.2, 0.25) is 0 Å². The Morgan fingerprint density at radius 3 is 2.64 bits per heavy atom. The Labute approximate surface area is 126 Å². The fourth-order valence-electron chi connectivity index (χ4n) is 1.42. The summed E-state index contributed by atoms with van der Waals surface area (Å²) >= 11 is 1.10. The lowest BCUT2D eigenvalue weighted by molar-refractivity contribution is -0.274. The third-order valence-corrected chi connectivity index (χ3v) is 3.29. The quantitative estimate of drug-likeness (QED) is 0.833. The van der Waals surface area contributed by atoms with Crippen molar-refractivity contribution >= 4 is 17.7 Å². The van der Waals surface area contributed by atoms with Crippen LogP contribution >= 0.6 is 11.8 Å². The zero-order chi connectivity index (χ0) is 16.2. The zero-order valence-corrected chi connectivity index (χ0v) is 12.0. The van der Waals surface area contributed by atoms with Gasteiger partial charge in [-0.15, -0.1) is 18.3 Å². The molecule has 1 aromatic carbocycles. The smallest absolute Gasteiger partial charge is 0.406 e. The molecule has 0 fully saturated rings. The maximum atomic E-state index is 12.1. The summed E-state index contributed by atoms with van der Waals surface area (Å²) in [5, 5.41) is 13.8. The molecule has 1 N–H and O–H groups in total. The molecule has 0 saturated carbocycles. The maximum absolute atomic E-state index is 12.1. The van der Waals surface area contributed by atoms with Crippen molar-refractivity contribution in [3.05, 3.63) is 24.3 Å². The number of hydrogen-bond donors (Lipinski definition) is 1. The molecular formula is C11H10F3N5O2S. The van der Waals surface area contributed by atoms with Crippen LogP contribution in [0, 0.1) is 0 Å². The van der Waals surface area contributed by atoms with Crippen molar-refractivity contribution < 1.29 is 22.7 Å². The van der Waals surface area contributed by atoms with Gasteiger partial charge in [0.2, 0.25) is 11.1 Å². The van der Waals surface area contributed by atoms with Crippen LogP contribution < -0.4 is 10.1 Å². The number of carbonyl (C=O) groups is 1. The number of nitrogens with zero attached hydrogens (tertiary/aromatic N) is 4. The normalized spacial score (nSPS) is 11.3. The fraction of sp³-hybridized carbons (Fsp3) is 0.273. The third-order valence-electron chi connectivity index (χ3n) is 2.37. The van der Waals surface area contributed by atoms with E-state index >= 15 is 0 Å². The molecule has 0 bridgehead atoms. The molecule has 0 unspecified atom stereocenters. The van der Waals surface area contributed by atoms with E-state index in [1.165, 1.54) is 23.9 Å². The molecule has 118 valence electrons. The van der Waals surface area contributed by atoms with E-state index < -0.39 is 6.36 Å². The Morgan fingerprint density at radius 1 is 1.36 bits per heavy atom. The summed E-state index contributed by atoms with van der Waals surface area (Å²) in [4.78, 5) is 11.2. The largest absolute Gasteiger partial charge is 0.573 e. The molecule has 0 aliphatic carbocycles. The van der Waals surface area contributed by atoms with Crippen molar-refractivity contribution in [3.63, 3.8) is 0 Å². The monoisotopic (exact) mass is 333 g/mol. The first kappa shape index (κ1) is 16.1. The van der Waals surface area contributed by atoms with Crippen LogP contribution in [0.15, 0.2) is 29.4 Å². The summed E-state index contributed by atoms with van der Waals surface area (Å²) in [5.41, 5.74) is 0.443. The first-order valence-corrected chi connectivity index (χ1v) is 6.85. The van der Waals surface area contributed by atoms with Crippen molar-refractivity contribution in [2.75, 3.05) is 12.8 Å². The Kier molecular flexibility index (Phi) is 4.85. The fourth-order valence-corrected chi connectivity index (χ4v) is 2.19. The number of nitrogens with one attached hydrogen (secondary N) is 1. The van der Waals surface area contributed by atoms with Gasteiger partial charge in [0.15, 0.2) is 0 Å². The van der Waals surface area contributed by atoms with Gasteiger partial charge in [-0.2, -0.15) is 4.68 Å². The van der Waals surface area contributed by atoms with Crippen LogP contribution in [0.3, 0.4) is 0 Å². The SMILES string of the molecule is CNC(=O)CSc1nnnn1-c1ccc(OC(F)(F)F)cc1. The van der Waals surface area contributed by atoms with Crippen LogP contribution in [0.4, 0.5) is 13.2 Å². The van der Waals surface area contributed by atoms with Gasteiger partial charge in [0, 0.05) is 7.05 Å². The van der Waals surface area contributed by atoms with Crippen LogP contribution in [0.1, 0.15) is 0 Å². The third kappa shape index (κ3) is 4.35. The molecule has 11 heteroatoms. The summed E-state index contributed by atoms with van der Waals surface area (Å²) < 4.78 is 41.4. The number of thioether (sulfide) groups is 1. The minimum atomic E-state index is -4.75. The number of hydrogen-bond acceptors (Lipinski definition) is 6. The van der Waals surface area contributed by atoms with Crippen molar-refractivity contribution in [1.82, 2.24) is 25.5 Å². The van der Waals surface area contributed by atoms with Gasteiger partial charge in [0.05, 0.1) is 11.4 Å². The van der Waals surface area contributed by atoms with E-state index in [9.17, 15) is 18.0 Å². The lowest BCUT2D eigenvalue weighted by Crippen LogP contribution is -2.20. The minimum Gasteiger partial charge on any atom is -0.406 e. The Morgan fingerprint density at radius 2 is 2.05 bits per heavy atom. The number of ether oxygens (including phenoxy) is 1. The summed E-state index contributed by atoms with van der Waals surface area (Å²) in [5.74, 6) is -0.427. The molecule has 0 spiro atoms. The molecule has 1 heterocycles. The number of halogens is 3. The van der Waals surface area contributed by atoms with E-state index in [0.29, 0.717) is 10.8 Å². The van der Waals surface area contributed by atoms with Crippen molar-refractivity contribution in [3.8, 4) is 11.4 Å². The molecule has 0 aliphatic heterocycles. The Balaban J connectivity index is 2.12. The van der Waals surface area contributed by atoms with E-state index in [-0.39, 0.29) is 17.4 Å². The van der Waals surface area contributed by atoms with E-state index in [0.717, 1.165) is 23.9 Å². The van der Waals surface area contributed by atoms with Gasteiger partial charge >= 0.3 is 6.36 Å². The van der Waals surface area contributed by atoms with Gasteiger partial charge in [-0.3, -0.25) is 4.79 Å². The number of benzene rings is 1. The van der Waals surface area contributed by atoms with E-state index in [1.54, 1.807) is 0 Å². The first-order valence-electron chi connectivity index (χ1n) is 5.87. The van der Waals surface area contributed by atoms with Crippen LogP contribution in [0.5, 0.6) is 5.75 Å². The van der Waals surface area contributed by atoms with E-state index in [4.69, 9.17) is 0 Å². The number of amides is 1. The number of carbonyl (C=O) groups excluding carboxylic acids is 1. The second-order valence-electron chi connectivity index (χ2n) is 3.88. The van der Waals surface area contributed by atoms with E-state index in [1.807, 2.05) is 0 Å². The van der Waals surface area contributed by atoms with Crippen LogP contribution in [-0.2, 0) is 4.79 Å². The second-order valence-corrected chi connectivity index (χ2v) is 4.82. The predicted molar refractivity (Wildman–Crippen MR) is 70.6 cm³/mol. The van der Waals surface area contributed by atoms with Gasteiger partial charge in [0.25, 0.3) is 0 Å². The highest BCUT2D eigenvalue weighted by Gasteiger charge is 2.31. The summed E-state index contributed by atoms with van der Waals surface area (Å²) in [6.07, 6.45) is -4.75. The molecular weight excluding hydrogens is 323 g/mol. The molecule has 1 amide bonds. The van der Waals surface area contributed by atoms with Crippen molar-refractivity contribution in [2.45, 2.75) is 11.5 Å². The highest BCUT2D eigenvalue weighted by atomic mass is 32.2. The van der Waals surface area contributed by atoms with Crippen molar-refractivity contribution in [1.29, 1.82) is 0 Å². The second kappa shape index (κ2) is 6.64. The lowest BCUT2D eigenvalue weighted by atomic mass is 10.3. The molecule has 7 nitrogen and oxygen atoms in total. The van der Waals surface area contributed by atoms with Crippen LogP contribution in [-0.4, -0.2) is 45.3 Å². The number of alkyl halides is 3. The average Bonchev–Trinajstić information content (AvgIpc) is 2.92. The molecule has 22 heavy (non-hydrogen) atoms. The van der Waals surface area contributed by atoms with Crippen molar-refractivity contribution in [2.24, 2.45) is 0 Å². The molecule has 0 atom stereocenters. The molecule has 2 aromatic rings. The standard InChI is InChI=1S/C11H10F3N5O2S/c1-15-9(20)6-22-10-16-17-18-19(10)7-2-4-8(5-3-7)21-11(12,13)14/h2-5H,6H2,1H3,(H,15,20). The molecule has 0 aliphatic rings. The minimum absolute atomic E-state index is 0.117. The maximum Gasteiger partial charge on any atom is 0.573 e. The number of rotatable bonds is 5. The topological polar surface area (TPSA) is 81.9 Å². The highest BCUT2D eigenvalue weighted by molar-refractivity contribution is 7.99. The van der Waals surface area contributed by atoms with Gasteiger partial charge < -0.3 is 10.1 Å². The lowest BCUT2D eigenvalue weighted by Gasteiger charge is -2.09. The molecule has 0 radical (unpaired) electrons. The summed E-state index contributed by atoms with van der Waals surface area (Å²) in [7, 11) is 1.51. The Bertz CT molecular complexity index is 644. The Hall–Kier alpha value is -2.30. The summed E-state index contributed by atoms with van der Waals surface area (Å²) in [6, 6.07) is 5.05. The van der Waals surface area contributed by atoms with Crippen LogP contribution in [0.25, 0.3) is 5.69 Å². The molecule has 1 aromatic heterocycles. The van der Waals surface area contributed by atoms with Gasteiger partial charge in [0.1, 0.15) is 5.75 Å². The highest BCUT2D eigenvalue weighted by Crippen LogP contribution is 2.24. The zero-order valence-electron chi connectivity index (χ0n) is 11.2. The number of tetrazole rings is 1. The molecule has 2 rings (SSSR count). The summed E-state index contributed by atoms with van der Waals surface area (Å²) in [6.45, 7) is 0. The number of aromatic nitrogens is 4.